The third-order valence-corrected chi connectivity index (χ3v) is 3.75. The molecule has 0 radical (unpaired) electrons. The van der Waals surface area contributed by atoms with Crippen molar-refractivity contribution in [2.75, 3.05) is 5.32 Å². The van der Waals surface area contributed by atoms with Crippen LogP contribution in [0.4, 0.5) is 32.0 Å². The van der Waals surface area contributed by atoms with Crippen molar-refractivity contribution < 1.29 is 31.1 Å². The number of amides is 1. The number of aromatic nitrogens is 3. The Kier molecular flexibility index (Phi) is 6.85. The Hall–Kier alpha value is -3.37. The molecule has 11 heteroatoms. The summed E-state index contributed by atoms with van der Waals surface area (Å²) in [5.74, 6) is -4.55. The third kappa shape index (κ3) is 4.78. The molecule has 0 aliphatic rings. The number of rotatable bonds is 3. The number of benzene rings is 1. The number of nitrogens with zero attached hydrogens (tertiary/aromatic N) is 3. The standard InChI is InChI=1S/C17H10F6N4O.C2H6/c1-27-13(5-14(26-27)17(21,22)23)9-3-2-8(4-10(9)18)25-16(28)15-11(19)6-24-7-12(15)20;1-2/h2-7H,1H3,(H,25,28);1-2H3. The van der Waals surface area contributed by atoms with Gasteiger partial charge in [0.1, 0.15) is 11.4 Å². The van der Waals surface area contributed by atoms with Gasteiger partial charge in [-0.1, -0.05) is 13.8 Å². The van der Waals surface area contributed by atoms with Gasteiger partial charge in [-0.25, -0.2) is 13.2 Å². The lowest BCUT2D eigenvalue weighted by Gasteiger charge is -2.09. The fourth-order valence-corrected chi connectivity index (χ4v) is 2.48. The molecule has 3 rings (SSSR count). The van der Waals surface area contributed by atoms with E-state index < -0.39 is 40.8 Å². The van der Waals surface area contributed by atoms with Crippen LogP contribution in [0.5, 0.6) is 0 Å². The maximum absolute atomic E-state index is 14.4. The molecule has 0 aliphatic carbocycles. The van der Waals surface area contributed by atoms with Crippen molar-refractivity contribution in [3.63, 3.8) is 0 Å². The fourth-order valence-electron chi connectivity index (χ4n) is 2.48. The molecule has 3 aromatic rings. The Morgan fingerprint density at radius 2 is 1.60 bits per heavy atom. The van der Waals surface area contributed by atoms with Gasteiger partial charge in [0, 0.05) is 18.3 Å². The van der Waals surface area contributed by atoms with E-state index in [1.807, 2.05) is 13.8 Å². The highest BCUT2D eigenvalue weighted by atomic mass is 19.4. The zero-order chi connectivity index (χ0) is 22.6. The minimum Gasteiger partial charge on any atom is -0.322 e. The van der Waals surface area contributed by atoms with Gasteiger partial charge in [0.2, 0.25) is 0 Å². The summed E-state index contributed by atoms with van der Waals surface area (Å²) in [4.78, 5) is 15.3. The molecule has 0 fully saturated rings. The molecule has 1 aromatic carbocycles. The van der Waals surface area contributed by atoms with Gasteiger partial charge in [0.15, 0.2) is 17.3 Å². The van der Waals surface area contributed by atoms with Crippen molar-refractivity contribution in [2.45, 2.75) is 20.0 Å². The first-order chi connectivity index (χ1) is 14.1. The first kappa shape index (κ1) is 22.9. The Bertz CT molecular complexity index is 1040. The van der Waals surface area contributed by atoms with Crippen molar-refractivity contribution in [3.05, 3.63) is 65.4 Å². The quantitative estimate of drug-likeness (QED) is 0.582. The Balaban J connectivity index is 0.00000155. The van der Waals surface area contributed by atoms with Gasteiger partial charge in [0.05, 0.1) is 18.1 Å². The van der Waals surface area contributed by atoms with Crippen LogP contribution < -0.4 is 5.32 Å². The van der Waals surface area contributed by atoms with Gasteiger partial charge >= 0.3 is 6.18 Å². The van der Waals surface area contributed by atoms with Crippen molar-refractivity contribution in [1.29, 1.82) is 0 Å². The average Bonchev–Trinajstić information content (AvgIpc) is 3.05. The summed E-state index contributed by atoms with van der Waals surface area (Å²) in [7, 11) is 1.22. The zero-order valence-corrected chi connectivity index (χ0v) is 16.0. The van der Waals surface area contributed by atoms with Crippen molar-refractivity contribution in [2.24, 2.45) is 7.05 Å². The SMILES string of the molecule is CC.Cn1nc(C(F)(F)F)cc1-c1ccc(NC(=O)c2c(F)cncc2F)cc1F. The maximum atomic E-state index is 14.4. The van der Waals surface area contributed by atoms with Crippen LogP contribution in [-0.2, 0) is 13.2 Å². The third-order valence-electron chi connectivity index (χ3n) is 3.75. The predicted molar refractivity (Wildman–Crippen MR) is 97.1 cm³/mol. The van der Waals surface area contributed by atoms with Gasteiger partial charge < -0.3 is 5.32 Å². The number of carbonyl (C=O) groups excluding carboxylic acids is 1. The molecule has 0 saturated heterocycles. The molecule has 160 valence electrons. The fraction of sp³-hybridized carbons (Fsp3) is 0.211. The van der Waals surface area contributed by atoms with Crippen LogP contribution in [0.15, 0.2) is 36.7 Å². The molecule has 30 heavy (non-hydrogen) atoms. The number of hydrogen-bond donors (Lipinski definition) is 1. The van der Waals surface area contributed by atoms with Gasteiger partial charge in [0.25, 0.3) is 5.91 Å². The van der Waals surface area contributed by atoms with Crippen LogP contribution in [0.3, 0.4) is 0 Å². The first-order valence-corrected chi connectivity index (χ1v) is 8.59. The maximum Gasteiger partial charge on any atom is 0.435 e. The second-order valence-electron chi connectivity index (χ2n) is 5.66. The van der Waals surface area contributed by atoms with E-state index in [1.54, 1.807) is 0 Å². The lowest BCUT2D eigenvalue weighted by atomic mass is 10.1. The van der Waals surface area contributed by atoms with E-state index in [4.69, 9.17) is 0 Å². The van der Waals surface area contributed by atoms with Gasteiger partial charge in [-0.3, -0.25) is 14.5 Å². The van der Waals surface area contributed by atoms with Gasteiger partial charge in [-0.05, 0) is 24.3 Å². The van der Waals surface area contributed by atoms with E-state index >= 15 is 0 Å². The summed E-state index contributed by atoms with van der Waals surface area (Å²) in [5, 5.41) is 5.41. The van der Waals surface area contributed by atoms with E-state index in [0.717, 1.165) is 16.8 Å². The smallest absolute Gasteiger partial charge is 0.322 e. The summed E-state index contributed by atoms with van der Waals surface area (Å²) in [6.45, 7) is 4.00. The van der Waals surface area contributed by atoms with Crippen LogP contribution in [0.2, 0.25) is 0 Å². The molecule has 0 spiro atoms. The summed E-state index contributed by atoms with van der Waals surface area (Å²) in [6.07, 6.45) is -3.41. The Morgan fingerprint density at radius 3 is 2.10 bits per heavy atom. The molecule has 0 bridgehead atoms. The Morgan fingerprint density at radius 1 is 1.00 bits per heavy atom. The van der Waals surface area contributed by atoms with Crippen LogP contribution in [0.25, 0.3) is 11.3 Å². The molecule has 2 aromatic heterocycles. The number of halogens is 6. The first-order valence-electron chi connectivity index (χ1n) is 8.59. The normalized spacial score (nSPS) is 11.0. The number of aryl methyl sites for hydroxylation is 1. The molecule has 0 atom stereocenters. The van der Waals surface area contributed by atoms with E-state index in [1.165, 1.54) is 13.1 Å². The molecule has 0 saturated carbocycles. The van der Waals surface area contributed by atoms with Crippen LogP contribution in [0.1, 0.15) is 29.9 Å². The topological polar surface area (TPSA) is 59.8 Å². The van der Waals surface area contributed by atoms with E-state index in [0.29, 0.717) is 18.5 Å². The zero-order valence-electron chi connectivity index (χ0n) is 16.0. The highest BCUT2D eigenvalue weighted by Crippen LogP contribution is 2.33. The van der Waals surface area contributed by atoms with E-state index in [-0.39, 0.29) is 16.9 Å². The number of alkyl halides is 3. The number of nitrogens with one attached hydrogen (secondary N) is 1. The number of hydrogen-bond acceptors (Lipinski definition) is 3. The lowest BCUT2D eigenvalue weighted by molar-refractivity contribution is -0.141. The molecule has 2 heterocycles. The Labute approximate surface area is 167 Å². The van der Waals surface area contributed by atoms with Crippen molar-refractivity contribution in [1.82, 2.24) is 14.8 Å². The highest BCUT2D eigenvalue weighted by molar-refractivity contribution is 6.04. The van der Waals surface area contributed by atoms with Crippen LogP contribution in [-0.4, -0.2) is 20.7 Å². The summed E-state index contributed by atoms with van der Waals surface area (Å²) >= 11 is 0. The van der Waals surface area contributed by atoms with Crippen LogP contribution >= 0.6 is 0 Å². The monoisotopic (exact) mass is 430 g/mol. The summed E-state index contributed by atoms with van der Waals surface area (Å²) in [6, 6.07) is 3.78. The summed E-state index contributed by atoms with van der Waals surface area (Å²) < 4.78 is 80.7. The van der Waals surface area contributed by atoms with Crippen molar-refractivity contribution >= 4 is 11.6 Å². The number of anilines is 1. The number of pyridine rings is 1. The minimum atomic E-state index is -4.70. The van der Waals surface area contributed by atoms with E-state index in [9.17, 15) is 31.1 Å². The average molecular weight is 430 g/mol. The molecule has 0 unspecified atom stereocenters. The highest BCUT2D eigenvalue weighted by Gasteiger charge is 2.35. The molecular weight excluding hydrogens is 414 g/mol. The largest absolute Gasteiger partial charge is 0.435 e. The predicted octanol–water partition coefficient (Wildman–Crippen LogP) is 5.20. The molecule has 5 nitrogen and oxygen atoms in total. The van der Waals surface area contributed by atoms with Crippen LogP contribution in [0, 0.1) is 17.5 Å². The number of carbonyl (C=O) groups is 1. The molecule has 1 amide bonds. The van der Waals surface area contributed by atoms with E-state index in [2.05, 4.69) is 15.4 Å². The summed E-state index contributed by atoms with van der Waals surface area (Å²) in [5.41, 5.74) is -2.59. The second-order valence-corrected chi connectivity index (χ2v) is 5.66. The minimum absolute atomic E-state index is 0.145. The van der Waals surface area contributed by atoms with Gasteiger partial charge in [-0.15, -0.1) is 0 Å². The molecular formula is C19H16F6N4O. The molecule has 0 aliphatic heterocycles. The van der Waals surface area contributed by atoms with Gasteiger partial charge in [-0.2, -0.15) is 18.3 Å². The second kappa shape index (κ2) is 8.97. The lowest BCUT2D eigenvalue weighted by Crippen LogP contribution is -2.16. The van der Waals surface area contributed by atoms with Crippen molar-refractivity contribution in [3.8, 4) is 11.3 Å². The molecule has 1 N–H and O–H groups in total.